The summed E-state index contributed by atoms with van der Waals surface area (Å²) in [5, 5.41) is 6.83. The highest BCUT2D eigenvalue weighted by Gasteiger charge is 2.29. The molecular formula is C10H20N2O2. The molecule has 2 aliphatic rings. The molecule has 0 radical (unpaired) electrons. The van der Waals surface area contributed by atoms with E-state index < -0.39 is 0 Å². The van der Waals surface area contributed by atoms with Crippen molar-refractivity contribution in [2.75, 3.05) is 33.4 Å². The molecule has 0 aromatic heterocycles. The van der Waals surface area contributed by atoms with E-state index in [4.69, 9.17) is 9.47 Å². The molecule has 1 aliphatic carbocycles. The predicted molar refractivity (Wildman–Crippen MR) is 54.4 cm³/mol. The summed E-state index contributed by atoms with van der Waals surface area (Å²) in [5.41, 5.74) is 0. The van der Waals surface area contributed by atoms with Gasteiger partial charge >= 0.3 is 0 Å². The van der Waals surface area contributed by atoms with E-state index in [1.807, 2.05) is 0 Å². The van der Waals surface area contributed by atoms with E-state index in [0.29, 0.717) is 18.2 Å². The fourth-order valence-corrected chi connectivity index (χ4v) is 1.97. The normalized spacial score (nSPS) is 37.9. The maximum Gasteiger partial charge on any atom is 0.0824 e. The maximum absolute atomic E-state index is 5.59. The molecular weight excluding hydrogens is 180 g/mol. The molecule has 14 heavy (non-hydrogen) atoms. The van der Waals surface area contributed by atoms with Gasteiger partial charge in [0.1, 0.15) is 0 Å². The van der Waals surface area contributed by atoms with E-state index in [1.165, 1.54) is 0 Å². The number of morpholine rings is 1. The molecule has 1 unspecified atom stereocenters. The Morgan fingerprint density at radius 1 is 1.50 bits per heavy atom. The summed E-state index contributed by atoms with van der Waals surface area (Å²) in [4.78, 5) is 0. The molecule has 2 rings (SSSR count). The first-order valence-electron chi connectivity index (χ1n) is 5.47. The van der Waals surface area contributed by atoms with Crippen molar-refractivity contribution in [2.45, 2.75) is 31.1 Å². The summed E-state index contributed by atoms with van der Waals surface area (Å²) in [6.07, 6.45) is 3.14. The van der Waals surface area contributed by atoms with E-state index in [1.54, 1.807) is 7.11 Å². The first-order valence-corrected chi connectivity index (χ1v) is 5.47. The third-order valence-corrected chi connectivity index (χ3v) is 3.07. The van der Waals surface area contributed by atoms with Crippen LogP contribution in [0.1, 0.15) is 12.8 Å². The van der Waals surface area contributed by atoms with Crippen molar-refractivity contribution in [1.29, 1.82) is 0 Å². The standard InChI is InChI=1S/C10H20N2O2/c1-13-9-4-8(5-9)12-7-10-6-11-2-3-14-10/h8-12H,2-7H2,1H3. The number of ether oxygens (including phenoxy) is 2. The van der Waals surface area contributed by atoms with Gasteiger partial charge in [-0.05, 0) is 12.8 Å². The summed E-state index contributed by atoms with van der Waals surface area (Å²) in [6.45, 7) is 3.78. The van der Waals surface area contributed by atoms with Crippen molar-refractivity contribution in [3.8, 4) is 0 Å². The summed E-state index contributed by atoms with van der Waals surface area (Å²) >= 11 is 0. The number of hydrogen-bond donors (Lipinski definition) is 2. The van der Waals surface area contributed by atoms with Crippen LogP contribution in [0.15, 0.2) is 0 Å². The van der Waals surface area contributed by atoms with Crippen LogP contribution in [0, 0.1) is 0 Å². The van der Waals surface area contributed by atoms with Crippen LogP contribution in [-0.4, -0.2) is 51.6 Å². The minimum atomic E-state index is 0.352. The van der Waals surface area contributed by atoms with Crippen LogP contribution in [0.25, 0.3) is 0 Å². The molecule has 2 fully saturated rings. The van der Waals surface area contributed by atoms with E-state index in [-0.39, 0.29) is 0 Å². The summed E-state index contributed by atoms with van der Waals surface area (Å²) in [5.74, 6) is 0. The molecule has 1 aliphatic heterocycles. The Kier molecular flexibility index (Phi) is 3.75. The van der Waals surface area contributed by atoms with Crippen LogP contribution >= 0.6 is 0 Å². The van der Waals surface area contributed by atoms with Gasteiger partial charge in [0.25, 0.3) is 0 Å². The molecule has 1 saturated heterocycles. The Morgan fingerprint density at radius 3 is 3.00 bits per heavy atom. The molecule has 1 saturated carbocycles. The van der Waals surface area contributed by atoms with Crippen LogP contribution in [0.3, 0.4) is 0 Å². The van der Waals surface area contributed by atoms with Gasteiger partial charge in [-0.25, -0.2) is 0 Å². The second-order valence-electron chi connectivity index (χ2n) is 4.13. The quantitative estimate of drug-likeness (QED) is 0.656. The lowest BCUT2D eigenvalue weighted by atomic mass is 9.89. The molecule has 0 bridgehead atoms. The Bertz CT molecular complexity index is 166. The van der Waals surface area contributed by atoms with Crippen LogP contribution in [-0.2, 0) is 9.47 Å². The molecule has 0 spiro atoms. The van der Waals surface area contributed by atoms with Gasteiger partial charge in [0.05, 0.1) is 18.8 Å². The van der Waals surface area contributed by atoms with Crippen molar-refractivity contribution in [2.24, 2.45) is 0 Å². The largest absolute Gasteiger partial charge is 0.381 e. The van der Waals surface area contributed by atoms with E-state index in [2.05, 4.69) is 10.6 Å². The fourth-order valence-electron chi connectivity index (χ4n) is 1.97. The van der Waals surface area contributed by atoms with Gasteiger partial charge in [-0.3, -0.25) is 0 Å². The minimum absolute atomic E-state index is 0.352. The van der Waals surface area contributed by atoms with Crippen molar-refractivity contribution < 1.29 is 9.47 Å². The summed E-state index contributed by atoms with van der Waals surface area (Å²) in [7, 11) is 1.79. The average molecular weight is 200 g/mol. The molecule has 4 heteroatoms. The molecule has 1 heterocycles. The molecule has 0 aromatic carbocycles. The van der Waals surface area contributed by atoms with Crippen LogP contribution in [0.5, 0.6) is 0 Å². The molecule has 82 valence electrons. The molecule has 1 atom stereocenters. The van der Waals surface area contributed by atoms with Crippen LogP contribution in [0.4, 0.5) is 0 Å². The Balaban J connectivity index is 1.54. The average Bonchev–Trinajstić information content (AvgIpc) is 2.17. The lowest BCUT2D eigenvalue weighted by Crippen LogP contribution is -2.50. The van der Waals surface area contributed by atoms with Crippen LogP contribution in [0.2, 0.25) is 0 Å². The van der Waals surface area contributed by atoms with Gasteiger partial charge < -0.3 is 20.1 Å². The Hall–Kier alpha value is -0.160. The highest BCUT2D eigenvalue weighted by atomic mass is 16.5. The molecule has 0 aromatic rings. The van der Waals surface area contributed by atoms with Crippen molar-refractivity contribution in [1.82, 2.24) is 10.6 Å². The van der Waals surface area contributed by atoms with Gasteiger partial charge in [0.15, 0.2) is 0 Å². The summed E-state index contributed by atoms with van der Waals surface area (Å²) < 4.78 is 10.8. The Morgan fingerprint density at radius 2 is 2.36 bits per heavy atom. The van der Waals surface area contributed by atoms with Gasteiger partial charge in [-0.2, -0.15) is 0 Å². The van der Waals surface area contributed by atoms with Gasteiger partial charge in [0.2, 0.25) is 0 Å². The lowest BCUT2D eigenvalue weighted by molar-refractivity contribution is -0.000270. The first kappa shape index (κ1) is 10.4. The third-order valence-electron chi connectivity index (χ3n) is 3.07. The highest BCUT2D eigenvalue weighted by molar-refractivity contribution is 4.86. The molecule has 4 nitrogen and oxygen atoms in total. The summed E-state index contributed by atoms with van der Waals surface area (Å²) in [6, 6.07) is 0.644. The third kappa shape index (κ3) is 2.67. The fraction of sp³-hybridized carbons (Fsp3) is 1.00. The first-order chi connectivity index (χ1) is 6.88. The van der Waals surface area contributed by atoms with E-state index in [9.17, 15) is 0 Å². The number of methoxy groups -OCH3 is 1. The number of nitrogens with one attached hydrogen (secondary N) is 2. The topological polar surface area (TPSA) is 42.5 Å². The minimum Gasteiger partial charge on any atom is -0.381 e. The number of rotatable bonds is 4. The zero-order chi connectivity index (χ0) is 9.80. The van der Waals surface area contributed by atoms with Crippen LogP contribution < -0.4 is 10.6 Å². The predicted octanol–water partition coefficient (Wildman–Crippen LogP) is -0.258. The SMILES string of the molecule is COC1CC(NCC2CNCCO2)C1. The van der Waals surface area contributed by atoms with Crippen molar-refractivity contribution in [3.63, 3.8) is 0 Å². The van der Waals surface area contributed by atoms with Crippen molar-refractivity contribution >= 4 is 0 Å². The smallest absolute Gasteiger partial charge is 0.0824 e. The van der Waals surface area contributed by atoms with E-state index in [0.717, 1.165) is 39.1 Å². The second kappa shape index (κ2) is 5.07. The lowest BCUT2D eigenvalue weighted by Gasteiger charge is -2.36. The zero-order valence-corrected chi connectivity index (χ0v) is 8.79. The second-order valence-corrected chi connectivity index (χ2v) is 4.13. The van der Waals surface area contributed by atoms with E-state index >= 15 is 0 Å². The maximum atomic E-state index is 5.59. The monoisotopic (exact) mass is 200 g/mol. The van der Waals surface area contributed by atoms with Gasteiger partial charge in [0, 0.05) is 32.8 Å². The molecule has 2 N–H and O–H groups in total. The van der Waals surface area contributed by atoms with Crippen molar-refractivity contribution in [3.05, 3.63) is 0 Å². The zero-order valence-electron chi connectivity index (χ0n) is 8.79. The van der Waals surface area contributed by atoms with Gasteiger partial charge in [-0.15, -0.1) is 0 Å². The number of hydrogen-bond acceptors (Lipinski definition) is 4. The Labute approximate surface area is 85.3 Å². The highest BCUT2D eigenvalue weighted by Crippen LogP contribution is 2.22. The molecule has 0 amide bonds. The van der Waals surface area contributed by atoms with Gasteiger partial charge in [-0.1, -0.05) is 0 Å².